The Morgan fingerprint density at radius 2 is 1.28 bits per heavy atom. The summed E-state index contributed by atoms with van der Waals surface area (Å²) in [6.07, 6.45) is 5.29. The van der Waals surface area contributed by atoms with E-state index in [1.54, 1.807) is 18.3 Å². The minimum absolute atomic E-state index is 0.00828. The second-order valence-electron chi connectivity index (χ2n) is 9.72. The number of hydrogen-bond acceptors (Lipinski definition) is 10. The first kappa shape index (κ1) is 27.8. The van der Waals surface area contributed by atoms with Crippen molar-refractivity contribution in [3.8, 4) is 0 Å². The molecule has 204 valence electrons. The Kier molecular flexibility index (Phi) is 8.96. The predicted octanol–water partition coefficient (Wildman–Crippen LogP) is 2.63. The van der Waals surface area contributed by atoms with Gasteiger partial charge < -0.3 is 4.48 Å². The third kappa shape index (κ3) is 7.89. The van der Waals surface area contributed by atoms with Crippen LogP contribution in [0.15, 0.2) is 55.0 Å². The summed E-state index contributed by atoms with van der Waals surface area (Å²) in [6.45, 7) is 5.31. The molecule has 1 aliphatic heterocycles. The van der Waals surface area contributed by atoms with Gasteiger partial charge in [0.15, 0.2) is 0 Å². The topological polar surface area (TPSA) is 148 Å². The van der Waals surface area contributed by atoms with Crippen LogP contribution in [0.2, 0.25) is 0 Å². The number of carbonyl (C=O) groups is 1. The fourth-order valence-corrected chi connectivity index (χ4v) is 4.59. The summed E-state index contributed by atoms with van der Waals surface area (Å²) < 4.78 is 0.339. The van der Waals surface area contributed by atoms with Crippen LogP contribution < -0.4 is 0 Å². The molecule has 0 N–H and O–H groups in total. The van der Waals surface area contributed by atoms with Gasteiger partial charge in [0.25, 0.3) is 11.4 Å². The summed E-state index contributed by atoms with van der Waals surface area (Å²) in [7, 11) is 4.50. The molecule has 4 rings (SSSR count). The molecule has 0 aliphatic carbocycles. The monoisotopic (exact) mass is 534 g/mol. The van der Waals surface area contributed by atoms with Gasteiger partial charge in [-0.1, -0.05) is 0 Å². The number of nitrogens with zero attached hydrogens (tertiary/aromatic N) is 8. The quantitative estimate of drug-likeness (QED) is 0.132. The van der Waals surface area contributed by atoms with E-state index in [0.717, 1.165) is 12.0 Å². The minimum atomic E-state index is -0.437. The Morgan fingerprint density at radius 3 is 1.82 bits per heavy atom. The molecule has 13 heteroatoms. The lowest BCUT2D eigenvalue weighted by Gasteiger charge is -2.43. The summed E-state index contributed by atoms with van der Waals surface area (Å²) >= 11 is 0. The van der Waals surface area contributed by atoms with E-state index < -0.39 is 9.85 Å². The molecule has 0 aromatic carbocycles. The van der Waals surface area contributed by atoms with Gasteiger partial charge in [-0.3, -0.25) is 49.8 Å². The summed E-state index contributed by atoms with van der Waals surface area (Å²) in [6, 6.07) is 9.13. The SMILES string of the molecule is [CH2-][N+]1(Cc2cc([N+](=O)[O-])ccn2)CCN(Cc2cc(C=O)ccn2)CCN(Cc2cc([N+](=O)[O-])ccn2)CC1. The lowest BCUT2D eigenvalue weighted by Crippen LogP contribution is -2.48. The molecule has 0 spiro atoms. The molecule has 3 aromatic rings. The molecule has 0 saturated carbocycles. The zero-order valence-corrected chi connectivity index (χ0v) is 21.5. The zero-order valence-electron chi connectivity index (χ0n) is 21.5. The molecule has 39 heavy (non-hydrogen) atoms. The number of rotatable bonds is 9. The molecular formula is C26H30N8O5. The highest BCUT2D eigenvalue weighted by Gasteiger charge is 2.25. The van der Waals surface area contributed by atoms with Crippen LogP contribution in [-0.4, -0.2) is 84.6 Å². The molecule has 1 saturated heterocycles. The van der Waals surface area contributed by atoms with Crippen molar-refractivity contribution in [1.82, 2.24) is 24.8 Å². The molecule has 4 heterocycles. The molecular weight excluding hydrogens is 504 g/mol. The summed E-state index contributed by atoms with van der Waals surface area (Å²) in [4.78, 5) is 50.4. The summed E-state index contributed by atoms with van der Waals surface area (Å²) in [5, 5.41) is 22.5. The van der Waals surface area contributed by atoms with E-state index in [1.807, 2.05) is 0 Å². The van der Waals surface area contributed by atoms with Crippen molar-refractivity contribution in [3.05, 3.63) is 105 Å². The van der Waals surface area contributed by atoms with Crippen LogP contribution in [0, 0.1) is 27.3 Å². The van der Waals surface area contributed by atoms with Crippen molar-refractivity contribution in [1.29, 1.82) is 0 Å². The van der Waals surface area contributed by atoms with Gasteiger partial charge in [-0.25, -0.2) is 0 Å². The van der Waals surface area contributed by atoms with Gasteiger partial charge in [0.2, 0.25) is 0 Å². The second kappa shape index (κ2) is 12.6. The van der Waals surface area contributed by atoms with Crippen molar-refractivity contribution in [2.24, 2.45) is 0 Å². The van der Waals surface area contributed by atoms with Crippen LogP contribution in [0.4, 0.5) is 11.4 Å². The van der Waals surface area contributed by atoms with Gasteiger partial charge in [-0.15, -0.1) is 7.05 Å². The van der Waals surface area contributed by atoms with E-state index in [2.05, 4.69) is 31.8 Å². The van der Waals surface area contributed by atoms with Gasteiger partial charge in [-0.05, 0) is 12.1 Å². The van der Waals surface area contributed by atoms with Gasteiger partial charge in [-0.2, -0.15) is 0 Å². The van der Waals surface area contributed by atoms with Crippen molar-refractivity contribution in [3.63, 3.8) is 0 Å². The fraction of sp³-hybridized carbons (Fsp3) is 0.346. The van der Waals surface area contributed by atoms with Crippen LogP contribution in [-0.2, 0) is 19.6 Å². The maximum atomic E-state index is 11.3. The number of quaternary nitrogens is 1. The van der Waals surface area contributed by atoms with E-state index in [4.69, 9.17) is 0 Å². The Hall–Kier alpha value is -4.20. The Labute approximate surface area is 225 Å². The molecule has 1 unspecified atom stereocenters. The fourth-order valence-electron chi connectivity index (χ4n) is 4.59. The highest BCUT2D eigenvalue weighted by molar-refractivity contribution is 5.74. The number of aldehydes is 1. The third-order valence-corrected chi connectivity index (χ3v) is 6.78. The van der Waals surface area contributed by atoms with Crippen LogP contribution in [0.5, 0.6) is 0 Å². The maximum absolute atomic E-state index is 11.3. The Bertz CT molecular complexity index is 1340. The van der Waals surface area contributed by atoms with Crippen LogP contribution in [0.3, 0.4) is 0 Å². The van der Waals surface area contributed by atoms with E-state index >= 15 is 0 Å². The molecule has 1 aliphatic rings. The van der Waals surface area contributed by atoms with Gasteiger partial charge in [0, 0.05) is 87.7 Å². The molecule has 0 radical (unpaired) electrons. The number of nitro groups is 2. The van der Waals surface area contributed by atoms with E-state index in [0.29, 0.717) is 80.3 Å². The first-order valence-electron chi connectivity index (χ1n) is 12.5. The summed E-state index contributed by atoms with van der Waals surface area (Å²) in [5.41, 5.74) is 2.48. The average molecular weight is 535 g/mol. The van der Waals surface area contributed by atoms with Crippen molar-refractivity contribution < 1.29 is 19.1 Å². The molecule has 3 aromatic heterocycles. The largest absolute Gasteiger partial charge is 0.450 e. The highest BCUT2D eigenvalue weighted by Crippen LogP contribution is 2.19. The number of pyridine rings is 3. The standard InChI is InChI=1S/C26H30N8O5/c1-34(19-24-16-26(33(38)39)4-7-29-24)12-10-30(17-22-14-21(20-35)2-5-27-22)8-9-31(11-13-34)18-23-15-25(32(36)37)3-6-28-23/h2-7,14-16,20H,1,8-13,17-19H2. The molecule has 1 atom stereocenters. The van der Waals surface area contributed by atoms with E-state index in [-0.39, 0.29) is 11.4 Å². The van der Waals surface area contributed by atoms with Crippen molar-refractivity contribution in [2.75, 3.05) is 39.3 Å². The summed E-state index contributed by atoms with van der Waals surface area (Å²) in [5.74, 6) is 0. The highest BCUT2D eigenvalue weighted by atomic mass is 16.6. The molecule has 0 bridgehead atoms. The maximum Gasteiger partial charge on any atom is 0.273 e. The van der Waals surface area contributed by atoms with Crippen LogP contribution in [0.1, 0.15) is 27.4 Å². The van der Waals surface area contributed by atoms with E-state index in [1.165, 1.54) is 36.7 Å². The first-order chi connectivity index (χ1) is 18.7. The first-order valence-corrected chi connectivity index (χ1v) is 12.5. The Morgan fingerprint density at radius 1 is 0.795 bits per heavy atom. The number of carbonyl (C=O) groups excluding carboxylic acids is 1. The Balaban J connectivity index is 1.56. The predicted molar refractivity (Wildman–Crippen MR) is 141 cm³/mol. The van der Waals surface area contributed by atoms with Crippen LogP contribution >= 0.6 is 0 Å². The number of hydrogen-bond donors (Lipinski definition) is 0. The smallest absolute Gasteiger partial charge is 0.273 e. The lowest BCUT2D eigenvalue weighted by atomic mass is 10.2. The third-order valence-electron chi connectivity index (χ3n) is 6.78. The normalized spacial score (nSPS) is 19.0. The van der Waals surface area contributed by atoms with Crippen molar-refractivity contribution in [2.45, 2.75) is 19.6 Å². The molecule has 13 nitrogen and oxygen atoms in total. The minimum Gasteiger partial charge on any atom is -0.450 e. The van der Waals surface area contributed by atoms with Gasteiger partial charge >= 0.3 is 0 Å². The average Bonchev–Trinajstić information content (AvgIpc) is 2.99. The van der Waals surface area contributed by atoms with Gasteiger partial charge in [0.1, 0.15) is 6.29 Å². The lowest BCUT2D eigenvalue weighted by molar-refractivity contribution is -0.898. The molecule has 0 amide bonds. The molecule has 1 fully saturated rings. The van der Waals surface area contributed by atoms with Gasteiger partial charge in [0.05, 0.1) is 46.6 Å². The zero-order chi connectivity index (χ0) is 27.8. The second-order valence-corrected chi connectivity index (χ2v) is 9.72. The van der Waals surface area contributed by atoms with E-state index in [9.17, 15) is 25.0 Å². The van der Waals surface area contributed by atoms with Crippen LogP contribution in [0.25, 0.3) is 0 Å². The number of aromatic nitrogens is 3. The van der Waals surface area contributed by atoms with Crippen molar-refractivity contribution >= 4 is 17.7 Å².